The Morgan fingerprint density at radius 2 is 2.12 bits per heavy atom. The monoisotopic (exact) mass is 230 g/mol. The number of amides is 1. The summed E-state index contributed by atoms with van der Waals surface area (Å²) in [5.74, 6) is 0.0853. The van der Waals surface area contributed by atoms with E-state index in [9.17, 15) is 4.79 Å². The molecule has 1 aliphatic rings. The topological polar surface area (TPSA) is 32.7 Å². The van der Waals surface area contributed by atoms with E-state index in [1.807, 2.05) is 19.1 Å². The summed E-state index contributed by atoms with van der Waals surface area (Å²) in [5.41, 5.74) is 4.23. The molecule has 0 saturated carbocycles. The van der Waals surface area contributed by atoms with Crippen LogP contribution in [0, 0.1) is 13.8 Å². The summed E-state index contributed by atoms with van der Waals surface area (Å²) in [6, 6.07) is 5.98. The van der Waals surface area contributed by atoms with E-state index in [-0.39, 0.29) is 5.91 Å². The SMILES string of the molecule is CCCC1=NN(c2cccc(C)c2C)C(=O)C1. The third-order valence-corrected chi connectivity index (χ3v) is 3.18. The number of hydrogen-bond acceptors (Lipinski definition) is 2. The molecule has 17 heavy (non-hydrogen) atoms. The number of carbonyl (C=O) groups excluding carboxylic acids is 1. The lowest BCUT2D eigenvalue weighted by molar-refractivity contribution is -0.116. The fraction of sp³-hybridized carbons (Fsp3) is 0.429. The van der Waals surface area contributed by atoms with Crippen molar-refractivity contribution < 1.29 is 4.79 Å². The molecule has 0 atom stereocenters. The maximum absolute atomic E-state index is 11.9. The summed E-state index contributed by atoms with van der Waals surface area (Å²) in [6.45, 7) is 6.19. The zero-order chi connectivity index (χ0) is 12.4. The fourth-order valence-corrected chi connectivity index (χ4v) is 2.06. The van der Waals surface area contributed by atoms with Crippen molar-refractivity contribution in [3.63, 3.8) is 0 Å². The molecular weight excluding hydrogens is 212 g/mol. The smallest absolute Gasteiger partial charge is 0.253 e. The van der Waals surface area contributed by atoms with Gasteiger partial charge in [-0.15, -0.1) is 0 Å². The van der Waals surface area contributed by atoms with Crippen LogP contribution in [0.25, 0.3) is 0 Å². The van der Waals surface area contributed by atoms with Crippen molar-refractivity contribution in [2.45, 2.75) is 40.0 Å². The van der Waals surface area contributed by atoms with E-state index in [1.165, 1.54) is 5.56 Å². The van der Waals surface area contributed by atoms with Crippen LogP contribution in [0.2, 0.25) is 0 Å². The number of hydrazone groups is 1. The van der Waals surface area contributed by atoms with Crippen LogP contribution in [-0.2, 0) is 4.79 Å². The lowest BCUT2D eigenvalue weighted by Gasteiger charge is -2.15. The third-order valence-electron chi connectivity index (χ3n) is 3.18. The highest BCUT2D eigenvalue weighted by Crippen LogP contribution is 2.27. The lowest BCUT2D eigenvalue weighted by Crippen LogP contribution is -2.20. The van der Waals surface area contributed by atoms with Crippen molar-refractivity contribution in [3.05, 3.63) is 29.3 Å². The minimum absolute atomic E-state index is 0.0853. The fourth-order valence-electron chi connectivity index (χ4n) is 2.06. The van der Waals surface area contributed by atoms with Gasteiger partial charge in [-0.2, -0.15) is 5.10 Å². The average molecular weight is 230 g/mol. The van der Waals surface area contributed by atoms with Gasteiger partial charge in [-0.1, -0.05) is 25.5 Å². The van der Waals surface area contributed by atoms with Gasteiger partial charge in [0, 0.05) is 5.71 Å². The first-order valence-corrected chi connectivity index (χ1v) is 6.09. The molecule has 90 valence electrons. The van der Waals surface area contributed by atoms with E-state index in [1.54, 1.807) is 5.01 Å². The number of benzene rings is 1. The van der Waals surface area contributed by atoms with Crippen LogP contribution in [0.3, 0.4) is 0 Å². The summed E-state index contributed by atoms with van der Waals surface area (Å²) < 4.78 is 0. The van der Waals surface area contributed by atoms with Crippen LogP contribution in [0.1, 0.15) is 37.3 Å². The van der Waals surface area contributed by atoms with Gasteiger partial charge >= 0.3 is 0 Å². The van der Waals surface area contributed by atoms with Crippen LogP contribution in [-0.4, -0.2) is 11.6 Å². The highest BCUT2D eigenvalue weighted by Gasteiger charge is 2.25. The van der Waals surface area contributed by atoms with E-state index >= 15 is 0 Å². The van der Waals surface area contributed by atoms with Gasteiger partial charge in [0.15, 0.2) is 0 Å². The van der Waals surface area contributed by atoms with Gasteiger partial charge in [-0.05, 0) is 37.5 Å². The highest BCUT2D eigenvalue weighted by atomic mass is 16.2. The minimum atomic E-state index is 0.0853. The standard InChI is InChI=1S/C14H18N2O/c1-4-6-12-9-14(17)16(15-12)13-8-5-7-10(2)11(13)3/h5,7-8H,4,6,9H2,1-3H3. The van der Waals surface area contributed by atoms with Crippen LogP contribution >= 0.6 is 0 Å². The summed E-state index contributed by atoms with van der Waals surface area (Å²) in [5, 5.41) is 5.99. The number of aryl methyl sites for hydroxylation is 1. The largest absolute Gasteiger partial charge is 0.272 e. The van der Waals surface area contributed by atoms with Gasteiger partial charge in [0.25, 0.3) is 5.91 Å². The van der Waals surface area contributed by atoms with Gasteiger partial charge in [0.05, 0.1) is 12.1 Å². The first-order valence-electron chi connectivity index (χ1n) is 6.09. The Morgan fingerprint density at radius 3 is 2.82 bits per heavy atom. The van der Waals surface area contributed by atoms with E-state index < -0.39 is 0 Å². The van der Waals surface area contributed by atoms with Crippen molar-refractivity contribution in [2.75, 3.05) is 5.01 Å². The molecule has 0 saturated heterocycles. The Balaban J connectivity index is 2.34. The molecule has 3 heteroatoms. The Hall–Kier alpha value is -1.64. The number of rotatable bonds is 3. The van der Waals surface area contributed by atoms with Crippen molar-refractivity contribution in [2.24, 2.45) is 5.10 Å². The molecule has 3 nitrogen and oxygen atoms in total. The molecule has 1 heterocycles. The average Bonchev–Trinajstić information content (AvgIpc) is 2.64. The summed E-state index contributed by atoms with van der Waals surface area (Å²) in [6.07, 6.45) is 2.42. The van der Waals surface area contributed by atoms with Crippen LogP contribution in [0.4, 0.5) is 5.69 Å². The quantitative estimate of drug-likeness (QED) is 0.784. The molecule has 0 N–H and O–H groups in total. The van der Waals surface area contributed by atoms with E-state index in [0.29, 0.717) is 6.42 Å². The first-order chi connectivity index (χ1) is 8.13. The maximum atomic E-state index is 11.9. The Labute approximate surface area is 102 Å². The van der Waals surface area contributed by atoms with Crippen molar-refractivity contribution in [1.29, 1.82) is 0 Å². The number of hydrogen-bond donors (Lipinski definition) is 0. The van der Waals surface area contributed by atoms with Crippen molar-refractivity contribution in [3.8, 4) is 0 Å². The molecular formula is C14H18N2O. The van der Waals surface area contributed by atoms with Gasteiger partial charge in [0.2, 0.25) is 0 Å². The third kappa shape index (κ3) is 2.23. The van der Waals surface area contributed by atoms with Crippen LogP contribution < -0.4 is 5.01 Å². The molecule has 1 aliphatic heterocycles. The highest BCUT2D eigenvalue weighted by molar-refractivity contribution is 6.13. The minimum Gasteiger partial charge on any atom is -0.272 e. The second-order valence-corrected chi connectivity index (χ2v) is 4.52. The summed E-state index contributed by atoms with van der Waals surface area (Å²) in [7, 11) is 0. The molecule has 0 aliphatic carbocycles. The molecule has 1 amide bonds. The summed E-state index contributed by atoms with van der Waals surface area (Å²) >= 11 is 0. The zero-order valence-corrected chi connectivity index (χ0v) is 10.7. The first kappa shape index (κ1) is 11.8. The van der Waals surface area contributed by atoms with Gasteiger partial charge in [-0.25, -0.2) is 5.01 Å². The molecule has 0 unspecified atom stereocenters. The molecule has 0 aromatic heterocycles. The Bertz CT molecular complexity index is 477. The molecule has 0 bridgehead atoms. The number of anilines is 1. The van der Waals surface area contributed by atoms with Crippen LogP contribution in [0.5, 0.6) is 0 Å². The zero-order valence-electron chi connectivity index (χ0n) is 10.7. The van der Waals surface area contributed by atoms with E-state index in [0.717, 1.165) is 29.8 Å². The second kappa shape index (κ2) is 4.70. The number of carbonyl (C=O) groups is 1. The summed E-state index contributed by atoms with van der Waals surface area (Å²) in [4.78, 5) is 11.9. The molecule has 1 aromatic carbocycles. The predicted molar refractivity (Wildman–Crippen MR) is 70.4 cm³/mol. The molecule has 1 aromatic rings. The number of nitrogens with zero attached hydrogens (tertiary/aromatic N) is 2. The van der Waals surface area contributed by atoms with Gasteiger partial charge in [-0.3, -0.25) is 4.79 Å². The molecule has 0 spiro atoms. The lowest BCUT2D eigenvalue weighted by atomic mass is 10.1. The predicted octanol–water partition coefficient (Wildman–Crippen LogP) is 3.20. The second-order valence-electron chi connectivity index (χ2n) is 4.52. The van der Waals surface area contributed by atoms with Gasteiger partial charge < -0.3 is 0 Å². The van der Waals surface area contributed by atoms with E-state index in [2.05, 4.69) is 25.0 Å². The van der Waals surface area contributed by atoms with Gasteiger partial charge in [0.1, 0.15) is 0 Å². The molecule has 0 fully saturated rings. The Kier molecular flexibility index (Phi) is 3.27. The normalized spacial score (nSPS) is 15.4. The van der Waals surface area contributed by atoms with E-state index in [4.69, 9.17) is 0 Å². The Morgan fingerprint density at radius 1 is 1.35 bits per heavy atom. The van der Waals surface area contributed by atoms with Crippen LogP contribution in [0.15, 0.2) is 23.3 Å². The van der Waals surface area contributed by atoms with Crippen molar-refractivity contribution >= 4 is 17.3 Å². The molecule has 2 rings (SSSR count). The maximum Gasteiger partial charge on any atom is 0.253 e. The molecule has 0 radical (unpaired) electrons. The van der Waals surface area contributed by atoms with Crippen molar-refractivity contribution in [1.82, 2.24) is 0 Å².